The maximum atomic E-state index is 12.7. The summed E-state index contributed by atoms with van der Waals surface area (Å²) in [6, 6.07) is 12.7. The van der Waals surface area contributed by atoms with Gasteiger partial charge in [0.05, 0.1) is 19.4 Å². The quantitative estimate of drug-likeness (QED) is 0.406. The number of rotatable bonds is 9. The molecule has 2 N–H and O–H groups in total. The minimum atomic E-state index is -0.809. The van der Waals surface area contributed by atoms with E-state index in [9.17, 15) is 14.4 Å². The molecule has 9 nitrogen and oxygen atoms in total. The molecule has 0 aliphatic carbocycles. The van der Waals surface area contributed by atoms with Crippen LogP contribution in [0.5, 0.6) is 5.75 Å². The van der Waals surface area contributed by atoms with E-state index in [-0.39, 0.29) is 18.4 Å². The Labute approximate surface area is 209 Å². The summed E-state index contributed by atoms with van der Waals surface area (Å²) in [4.78, 5) is 39.3. The SMILES string of the molecule is CC(C)C(NC(=O)c1cccc(Cl)c1)C(=O)NN=Cc1ccccc1OCC(=O)N1CCOCC1. The van der Waals surface area contributed by atoms with Crippen LogP contribution in [0.15, 0.2) is 53.6 Å². The number of hydrogen-bond donors (Lipinski definition) is 2. The second-order valence-corrected chi connectivity index (χ2v) is 8.70. The first-order valence-electron chi connectivity index (χ1n) is 11.3. The third kappa shape index (κ3) is 7.80. The fourth-order valence-electron chi connectivity index (χ4n) is 3.39. The van der Waals surface area contributed by atoms with Crippen LogP contribution in [0.25, 0.3) is 0 Å². The largest absolute Gasteiger partial charge is 0.483 e. The summed E-state index contributed by atoms with van der Waals surface area (Å²) in [5, 5.41) is 7.18. The molecule has 1 aliphatic rings. The van der Waals surface area contributed by atoms with Gasteiger partial charge in [-0.2, -0.15) is 5.10 Å². The molecule has 3 rings (SSSR count). The summed E-state index contributed by atoms with van der Waals surface area (Å²) in [5.41, 5.74) is 3.42. The number of amides is 3. The van der Waals surface area contributed by atoms with Crippen molar-refractivity contribution in [3.8, 4) is 5.75 Å². The van der Waals surface area contributed by atoms with Gasteiger partial charge in [0.15, 0.2) is 6.61 Å². The van der Waals surface area contributed by atoms with Crippen LogP contribution in [0.3, 0.4) is 0 Å². The molecule has 1 fully saturated rings. The third-order valence-electron chi connectivity index (χ3n) is 5.33. The molecule has 1 saturated heterocycles. The van der Waals surface area contributed by atoms with Crippen molar-refractivity contribution in [2.45, 2.75) is 19.9 Å². The van der Waals surface area contributed by atoms with Crippen molar-refractivity contribution in [3.63, 3.8) is 0 Å². The molecule has 0 radical (unpaired) electrons. The average molecular weight is 501 g/mol. The topological polar surface area (TPSA) is 109 Å². The van der Waals surface area contributed by atoms with Gasteiger partial charge in [-0.1, -0.05) is 43.6 Å². The molecule has 0 bridgehead atoms. The maximum absolute atomic E-state index is 12.7. The van der Waals surface area contributed by atoms with E-state index in [1.165, 1.54) is 12.3 Å². The number of carbonyl (C=O) groups excluding carboxylic acids is 3. The van der Waals surface area contributed by atoms with Crippen LogP contribution in [0, 0.1) is 5.92 Å². The number of carbonyl (C=O) groups is 3. The number of nitrogens with one attached hydrogen (secondary N) is 2. The number of halogens is 1. The van der Waals surface area contributed by atoms with Crippen LogP contribution in [-0.4, -0.2) is 67.8 Å². The highest BCUT2D eigenvalue weighted by Gasteiger charge is 2.24. The van der Waals surface area contributed by atoms with Gasteiger partial charge in [-0.15, -0.1) is 0 Å². The summed E-state index contributed by atoms with van der Waals surface area (Å²) in [6.07, 6.45) is 1.43. The molecular formula is C25H29ClN4O5. The first-order valence-corrected chi connectivity index (χ1v) is 11.7. The number of morpholine rings is 1. The van der Waals surface area contributed by atoms with Crippen LogP contribution in [-0.2, 0) is 14.3 Å². The third-order valence-corrected chi connectivity index (χ3v) is 5.57. The van der Waals surface area contributed by atoms with Crippen molar-refractivity contribution in [3.05, 3.63) is 64.7 Å². The number of hydrazone groups is 1. The Bertz CT molecular complexity index is 1070. The number of ether oxygens (including phenoxy) is 2. The Balaban J connectivity index is 1.58. The Morgan fingerprint density at radius 1 is 1.14 bits per heavy atom. The van der Waals surface area contributed by atoms with E-state index in [4.69, 9.17) is 21.1 Å². The highest BCUT2D eigenvalue weighted by Crippen LogP contribution is 2.16. The molecule has 1 unspecified atom stereocenters. The van der Waals surface area contributed by atoms with E-state index in [1.807, 2.05) is 13.8 Å². The van der Waals surface area contributed by atoms with Crippen molar-refractivity contribution in [1.82, 2.24) is 15.6 Å². The van der Waals surface area contributed by atoms with Gasteiger partial charge in [0.2, 0.25) is 0 Å². The molecule has 3 amide bonds. The lowest BCUT2D eigenvalue weighted by atomic mass is 10.0. The van der Waals surface area contributed by atoms with Gasteiger partial charge < -0.3 is 19.7 Å². The normalized spacial score (nSPS) is 14.6. The van der Waals surface area contributed by atoms with Gasteiger partial charge in [0.1, 0.15) is 11.8 Å². The minimum Gasteiger partial charge on any atom is -0.483 e. The van der Waals surface area contributed by atoms with Crippen LogP contribution < -0.4 is 15.5 Å². The van der Waals surface area contributed by atoms with E-state index in [1.54, 1.807) is 47.4 Å². The van der Waals surface area contributed by atoms with Crippen LogP contribution in [0.1, 0.15) is 29.8 Å². The fraction of sp³-hybridized carbons (Fsp3) is 0.360. The lowest BCUT2D eigenvalue weighted by Crippen LogP contribution is -2.48. The maximum Gasteiger partial charge on any atom is 0.262 e. The summed E-state index contributed by atoms with van der Waals surface area (Å²) < 4.78 is 11.0. The smallest absolute Gasteiger partial charge is 0.262 e. The molecule has 2 aromatic rings. The number of nitrogens with zero attached hydrogens (tertiary/aromatic N) is 2. The van der Waals surface area contributed by atoms with E-state index in [2.05, 4.69) is 15.8 Å². The lowest BCUT2D eigenvalue weighted by molar-refractivity contribution is -0.137. The second-order valence-electron chi connectivity index (χ2n) is 8.26. The van der Waals surface area contributed by atoms with Crippen LogP contribution in [0.2, 0.25) is 5.02 Å². The van der Waals surface area contributed by atoms with Crippen molar-refractivity contribution in [2.24, 2.45) is 11.0 Å². The molecule has 0 spiro atoms. The summed E-state index contributed by atoms with van der Waals surface area (Å²) in [7, 11) is 0. The molecule has 1 atom stereocenters. The standard InChI is InChI=1S/C25H29ClN4O5/c1-17(2)23(28-24(32)18-7-5-8-20(26)14-18)25(33)29-27-15-19-6-3-4-9-21(19)35-16-22(31)30-10-12-34-13-11-30/h3-9,14-15,17,23H,10-13,16H2,1-2H3,(H,28,32)(H,29,33). The molecule has 0 aromatic heterocycles. The predicted octanol–water partition coefficient (Wildman–Crippen LogP) is 2.48. The lowest BCUT2D eigenvalue weighted by Gasteiger charge is -2.26. The Hall–Kier alpha value is -3.43. The number of para-hydroxylation sites is 1. The van der Waals surface area contributed by atoms with Gasteiger partial charge in [0.25, 0.3) is 17.7 Å². The summed E-state index contributed by atoms with van der Waals surface area (Å²) in [5.74, 6) is -0.720. The Morgan fingerprint density at radius 2 is 1.89 bits per heavy atom. The molecule has 186 valence electrons. The molecule has 1 heterocycles. The summed E-state index contributed by atoms with van der Waals surface area (Å²) in [6.45, 7) is 5.66. The Kier molecular flexibility index (Phi) is 9.63. The number of benzene rings is 2. The summed E-state index contributed by atoms with van der Waals surface area (Å²) >= 11 is 5.95. The minimum absolute atomic E-state index is 0.109. The van der Waals surface area contributed by atoms with Gasteiger partial charge >= 0.3 is 0 Å². The molecular weight excluding hydrogens is 472 g/mol. The molecule has 10 heteroatoms. The number of hydrogen-bond acceptors (Lipinski definition) is 6. The van der Waals surface area contributed by atoms with Gasteiger partial charge in [-0.05, 0) is 36.2 Å². The van der Waals surface area contributed by atoms with E-state index in [0.29, 0.717) is 48.2 Å². The zero-order valence-electron chi connectivity index (χ0n) is 19.7. The highest BCUT2D eigenvalue weighted by molar-refractivity contribution is 6.31. The monoisotopic (exact) mass is 500 g/mol. The first kappa shape index (κ1) is 26.2. The van der Waals surface area contributed by atoms with Crippen LogP contribution >= 0.6 is 11.6 Å². The molecule has 35 heavy (non-hydrogen) atoms. The second kappa shape index (κ2) is 12.9. The fourth-order valence-corrected chi connectivity index (χ4v) is 3.58. The zero-order chi connectivity index (χ0) is 25.2. The van der Waals surface area contributed by atoms with Gasteiger partial charge in [-0.3, -0.25) is 14.4 Å². The van der Waals surface area contributed by atoms with Crippen molar-refractivity contribution in [1.29, 1.82) is 0 Å². The highest BCUT2D eigenvalue weighted by atomic mass is 35.5. The van der Waals surface area contributed by atoms with Gasteiger partial charge in [0, 0.05) is 29.2 Å². The van der Waals surface area contributed by atoms with Crippen molar-refractivity contribution >= 4 is 35.5 Å². The van der Waals surface area contributed by atoms with E-state index >= 15 is 0 Å². The molecule has 2 aromatic carbocycles. The van der Waals surface area contributed by atoms with Crippen molar-refractivity contribution < 1.29 is 23.9 Å². The van der Waals surface area contributed by atoms with E-state index in [0.717, 1.165) is 0 Å². The van der Waals surface area contributed by atoms with Crippen LogP contribution in [0.4, 0.5) is 0 Å². The zero-order valence-corrected chi connectivity index (χ0v) is 20.5. The van der Waals surface area contributed by atoms with Crippen molar-refractivity contribution in [2.75, 3.05) is 32.9 Å². The Morgan fingerprint density at radius 3 is 2.60 bits per heavy atom. The predicted molar refractivity (Wildman–Crippen MR) is 133 cm³/mol. The van der Waals surface area contributed by atoms with Gasteiger partial charge in [-0.25, -0.2) is 5.43 Å². The molecule has 1 aliphatic heterocycles. The first-order chi connectivity index (χ1) is 16.8. The van der Waals surface area contributed by atoms with E-state index < -0.39 is 17.9 Å². The molecule has 0 saturated carbocycles. The average Bonchev–Trinajstić information content (AvgIpc) is 2.86.